The van der Waals surface area contributed by atoms with Gasteiger partial charge in [-0.25, -0.2) is 9.97 Å². The van der Waals surface area contributed by atoms with E-state index in [9.17, 15) is 0 Å². The lowest BCUT2D eigenvalue weighted by molar-refractivity contribution is 0.225. The summed E-state index contributed by atoms with van der Waals surface area (Å²) in [6, 6.07) is 0. The summed E-state index contributed by atoms with van der Waals surface area (Å²) in [5.74, 6) is 1.02. The Hall–Kier alpha value is -1.23. The van der Waals surface area contributed by atoms with Crippen LogP contribution in [-0.2, 0) is 0 Å². The summed E-state index contributed by atoms with van der Waals surface area (Å²) in [7, 11) is 0. The molecule has 4 rings (SSSR count). The molecule has 0 N–H and O–H groups in total. The summed E-state index contributed by atoms with van der Waals surface area (Å²) >= 11 is 4.43. The van der Waals surface area contributed by atoms with Crippen LogP contribution in [0.4, 0.5) is 5.95 Å². The Morgan fingerprint density at radius 3 is 2.55 bits per heavy atom. The fourth-order valence-corrected chi connectivity index (χ4v) is 4.16. The van der Waals surface area contributed by atoms with Gasteiger partial charge in [-0.1, -0.05) is 12.8 Å². The summed E-state index contributed by atoms with van der Waals surface area (Å²) in [4.78, 5) is 12.2. The summed E-state index contributed by atoms with van der Waals surface area (Å²) in [5.41, 5.74) is 1.55. The highest BCUT2D eigenvalue weighted by Crippen LogP contribution is 2.46. The van der Waals surface area contributed by atoms with Crippen LogP contribution in [0.5, 0.6) is 0 Å². The molecule has 1 saturated carbocycles. The van der Waals surface area contributed by atoms with Gasteiger partial charge in [0.15, 0.2) is 5.65 Å². The van der Waals surface area contributed by atoms with Crippen molar-refractivity contribution in [3.63, 3.8) is 0 Å². The number of imidazole rings is 1. The second kappa shape index (κ2) is 4.65. The highest BCUT2D eigenvalue weighted by Gasteiger charge is 2.37. The molecule has 2 aliphatic rings. The number of fused-ring (bicyclic) bond motifs is 1. The maximum Gasteiger partial charge on any atom is 0.211 e. The molecule has 1 spiro atoms. The maximum absolute atomic E-state index is 4.59. The van der Waals surface area contributed by atoms with Gasteiger partial charge < -0.3 is 4.90 Å². The number of thiol groups is 1. The van der Waals surface area contributed by atoms with Gasteiger partial charge in [-0.05, 0) is 31.1 Å². The van der Waals surface area contributed by atoms with E-state index in [0.29, 0.717) is 5.41 Å². The van der Waals surface area contributed by atoms with Crippen LogP contribution in [0.25, 0.3) is 5.65 Å². The Kier molecular flexibility index (Phi) is 2.91. The molecular weight excluding hydrogens is 268 g/mol. The van der Waals surface area contributed by atoms with Gasteiger partial charge in [0.05, 0.1) is 4.90 Å². The third kappa shape index (κ3) is 1.91. The maximum atomic E-state index is 4.59. The zero-order valence-electron chi connectivity index (χ0n) is 11.6. The monoisotopic (exact) mass is 288 g/mol. The molecule has 106 valence electrons. The van der Waals surface area contributed by atoms with Crippen molar-refractivity contribution in [3.8, 4) is 0 Å². The lowest BCUT2D eigenvalue weighted by Gasteiger charge is -2.39. The molecule has 1 aliphatic carbocycles. The zero-order valence-corrected chi connectivity index (χ0v) is 12.5. The van der Waals surface area contributed by atoms with Gasteiger partial charge in [-0.2, -0.15) is 0 Å². The molecule has 3 heterocycles. The predicted molar refractivity (Wildman–Crippen MR) is 82.6 cm³/mol. The van der Waals surface area contributed by atoms with Gasteiger partial charge in [0.25, 0.3) is 0 Å². The van der Waals surface area contributed by atoms with E-state index in [0.717, 1.165) is 29.6 Å². The number of rotatable bonds is 1. The number of nitrogens with zero attached hydrogens (tertiary/aromatic N) is 4. The number of aromatic nitrogens is 3. The highest BCUT2D eigenvalue weighted by molar-refractivity contribution is 7.80. The van der Waals surface area contributed by atoms with Gasteiger partial charge in [-0.15, -0.1) is 12.6 Å². The molecule has 2 fully saturated rings. The van der Waals surface area contributed by atoms with Crippen molar-refractivity contribution in [2.24, 2.45) is 5.41 Å². The van der Waals surface area contributed by atoms with Gasteiger partial charge >= 0.3 is 0 Å². The van der Waals surface area contributed by atoms with Crippen molar-refractivity contribution < 1.29 is 0 Å². The third-order valence-corrected chi connectivity index (χ3v) is 5.47. The van der Waals surface area contributed by atoms with Crippen molar-refractivity contribution in [1.82, 2.24) is 14.4 Å². The standard InChI is InChI=1S/C15H20N4S/c20-12-11-17-14(19-10-7-16-13(12)19)18-8-5-15(6-9-18)3-1-2-4-15/h7,10-11,20H,1-6,8-9H2. The molecule has 0 radical (unpaired) electrons. The fraction of sp³-hybridized carbons (Fsp3) is 0.600. The Bertz CT molecular complexity index is 620. The molecule has 0 aromatic carbocycles. The normalized spacial score (nSPS) is 21.9. The van der Waals surface area contributed by atoms with E-state index in [-0.39, 0.29) is 0 Å². The van der Waals surface area contributed by atoms with Crippen molar-refractivity contribution in [2.75, 3.05) is 18.0 Å². The molecule has 2 aromatic heterocycles. The number of piperidine rings is 1. The molecule has 1 aliphatic heterocycles. The highest BCUT2D eigenvalue weighted by atomic mass is 32.1. The van der Waals surface area contributed by atoms with Crippen molar-refractivity contribution >= 4 is 24.2 Å². The molecule has 0 amide bonds. The van der Waals surface area contributed by atoms with Crippen LogP contribution >= 0.6 is 12.6 Å². The van der Waals surface area contributed by atoms with E-state index < -0.39 is 0 Å². The molecule has 0 atom stereocenters. The molecule has 0 bridgehead atoms. The topological polar surface area (TPSA) is 33.4 Å². The predicted octanol–water partition coefficient (Wildman–Crippen LogP) is 3.18. The largest absolute Gasteiger partial charge is 0.342 e. The Morgan fingerprint density at radius 1 is 1.05 bits per heavy atom. The first kappa shape index (κ1) is 12.5. The molecule has 20 heavy (non-hydrogen) atoms. The number of hydrogen-bond acceptors (Lipinski definition) is 4. The molecule has 5 heteroatoms. The second-order valence-corrected chi connectivity index (χ2v) is 6.74. The number of anilines is 1. The average molecular weight is 288 g/mol. The van der Waals surface area contributed by atoms with Crippen LogP contribution < -0.4 is 4.90 Å². The first-order valence-electron chi connectivity index (χ1n) is 7.53. The Morgan fingerprint density at radius 2 is 1.80 bits per heavy atom. The summed E-state index contributed by atoms with van der Waals surface area (Å²) < 4.78 is 2.06. The van der Waals surface area contributed by atoms with Crippen molar-refractivity contribution in [2.45, 2.75) is 43.4 Å². The van der Waals surface area contributed by atoms with E-state index in [1.165, 1.54) is 38.5 Å². The van der Waals surface area contributed by atoms with Crippen LogP contribution in [0.3, 0.4) is 0 Å². The van der Waals surface area contributed by atoms with Crippen LogP contribution in [0.1, 0.15) is 38.5 Å². The van der Waals surface area contributed by atoms with Gasteiger partial charge in [-0.3, -0.25) is 4.40 Å². The molecular formula is C15H20N4S. The minimum Gasteiger partial charge on any atom is -0.342 e. The lowest BCUT2D eigenvalue weighted by atomic mass is 9.77. The third-order valence-electron chi connectivity index (χ3n) is 5.16. The number of hydrogen-bond donors (Lipinski definition) is 1. The van der Waals surface area contributed by atoms with Crippen LogP contribution in [0, 0.1) is 5.41 Å². The Balaban J connectivity index is 1.61. The van der Waals surface area contributed by atoms with Crippen molar-refractivity contribution in [1.29, 1.82) is 0 Å². The second-order valence-electron chi connectivity index (χ2n) is 6.26. The molecule has 1 saturated heterocycles. The fourth-order valence-electron chi connectivity index (χ4n) is 3.93. The van der Waals surface area contributed by atoms with Gasteiger partial charge in [0.1, 0.15) is 0 Å². The zero-order chi connectivity index (χ0) is 13.6. The lowest BCUT2D eigenvalue weighted by Crippen LogP contribution is -2.40. The summed E-state index contributed by atoms with van der Waals surface area (Å²) in [6.45, 7) is 2.23. The van der Waals surface area contributed by atoms with Gasteiger partial charge in [0.2, 0.25) is 5.95 Å². The summed E-state index contributed by atoms with van der Waals surface area (Å²) in [5, 5.41) is 0. The first-order valence-corrected chi connectivity index (χ1v) is 7.98. The van der Waals surface area contributed by atoms with Crippen molar-refractivity contribution in [3.05, 3.63) is 18.6 Å². The molecule has 2 aromatic rings. The minimum atomic E-state index is 0.647. The van der Waals surface area contributed by atoms with Crippen LogP contribution in [0.2, 0.25) is 0 Å². The SMILES string of the molecule is Sc1cnc(N2CCC3(CCCC3)CC2)n2ccnc12. The first-order chi connectivity index (χ1) is 9.77. The Labute approximate surface area is 124 Å². The molecule has 4 nitrogen and oxygen atoms in total. The van der Waals surface area contributed by atoms with Gasteiger partial charge in [0, 0.05) is 31.7 Å². The van der Waals surface area contributed by atoms with E-state index in [1.54, 1.807) is 0 Å². The molecule has 0 unspecified atom stereocenters. The van der Waals surface area contributed by atoms with E-state index in [4.69, 9.17) is 0 Å². The summed E-state index contributed by atoms with van der Waals surface area (Å²) in [6.07, 6.45) is 14.0. The van der Waals surface area contributed by atoms with Crippen LogP contribution in [0.15, 0.2) is 23.5 Å². The van der Waals surface area contributed by atoms with E-state index in [1.807, 2.05) is 18.6 Å². The van der Waals surface area contributed by atoms with Crippen LogP contribution in [-0.4, -0.2) is 27.5 Å². The smallest absolute Gasteiger partial charge is 0.211 e. The van der Waals surface area contributed by atoms with E-state index in [2.05, 4.69) is 31.9 Å². The quantitative estimate of drug-likeness (QED) is 0.818. The minimum absolute atomic E-state index is 0.647. The average Bonchev–Trinajstić information content (AvgIpc) is 3.11. The van der Waals surface area contributed by atoms with E-state index >= 15 is 0 Å².